The quantitative estimate of drug-likeness (QED) is 0.628. The van der Waals surface area contributed by atoms with E-state index in [-0.39, 0.29) is 17.8 Å². The van der Waals surface area contributed by atoms with Crippen LogP contribution in [0.3, 0.4) is 0 Å². The fourth-order valence-corrected chi connectivity index (χ4v) is 2.92. The van der Waals surface area contributed by atoms with Gasteiger partial charge in [-0.25, -0.2) is 19.1 Å². The van der Waals surface area contributed by atoms with Crippen molar-refractivity contribution in [2.45, 2.75) is 13.3 Å². The minimum absolute atomic E-state index is 0.181. The summed E-state index contributed by atoms with van der Waals surface area (Å²) < 4.78 is 47.8. The maximum atomic E-state index is 14.7. The van der Waals surface area contributed by atoms with Gasteiger partial charge in [0.05, 0.1) is 6.20 Å². The number of pyridine rings is 3. The van der Waals surface area contributed by atoms with Crippen molar-refractivity contribution < 1.29 is 17.5 Å². The lowest BCUT2D eigenvalue weighted by Gasteiger charge is -2.13. The van der Waals surface area contributed by atoms with Crippen molar-refractivity contribution in [2.75, 3.05) is 11.8 Å². The smallest absolute Gasteiger partial charge is 0.300 e. The molecule has 146 valence electrons. The summed E-state index contributed by atoms with van der Waals surface area (Å²) in [6, 6.07) is 6.78. The molecule has 3 heterocycles. The van der Waals surface area contributed by atoms with E-state index in [0.29, 0.717) is 11.6 Å². The van der Waals surface area contributed by atoms with Gasteiger partial charge >= 0.3 is 0 Å². The molecule has 0 bridgehead atoms. The molecule has 3 aromatic heterocycles. The molecule has 0 unspecified atom stereocenters. The topological polar surface area (TPSA) is 106 Å². The second kappa shape index (κ2) is 8.28. The molecule has 3 rings (SSSR count). The second-order valence-corrected chi connectivity index (χ2v) is 7.43. The first kappa shape index (κ1) is 19.6. The molecule has 0 amide bonds. The van der Waals surface area contributed by atoms with Crippen LogP contribution in [-0.4, -0.2) is 30.4 Å². The zero-order valence-electron chi connectivity index (χ0n) is 15.2. The molecule has 0 atom stereocenters. The van der Waals surface area contributed by atoms with Crippen LogP contribution >= 0.6 is 0 Å². The molecule has 0 aliphatic carbocycles. The number of hydrogen-bond acceptors (Lipinski definition) is 6. The first-order valence-corrected chi connectivity index (χ1v) is 9.75. The van der Waals surface area contributed by atoms with Crippen LogP contribution in [0.2, 0.25) is 0 Å². The third-order valence-corrected chi connectivity index (χ3v) is 4.98. The van der Waals surface area contributed by atoms with Crippen LogP contribution in [0.15, 0.2) is 49.1 Å². The summed E-state index contributed by atoms with van der Waals surface area (Å²) in [4.78, 5) is 12.0. The van der Waals surface area contributed by atoms with Crippen LogP contribution in [0.4, 0.5) is 10.2 Å². The number of anilines is 1. The summed E-state index contributed by atoms with van der Waals surface area (Å²) in [5.74, 6) is -0.208. The van der Waals surface area contributed by atoms with E-state index >= 15 is 0 Å². The Morgan fingerprint density at radius 3 is 2.64 bits per heavy atom. The Hall–Kier alpha value is -3.11. The van der Waals surface area contributed by atoms with E-state index in [1.54, 1.807) is 36.8 Å². The fraction of sp³-hybridized carbons (Fsp3) is 0.167. The summed E-state index contributed by atoms with van der Waals surface area (Å²) in [5, 5.41) is 0. The Bertz CT molecular complexity index is 1080. The highest BCUT2D eigenvalue weighted by Gasteiger charge is 2.17. The second-order valence-electron chi connectivity index (χ2n) is 5.81. The van der Waals surface area contributed by atoms with Gasteiger partial charge in [-0.15, -0.1) is 0 Å². The van der Waals surface area contributed by atoms with Crippen molar-refractivity contribution in [3.8, 4) is 11.6 Å². The lowest BCUT2D eigenvalue weighted by Crippen LogP contribution is -2.27. The van der Waals surface area contributed by atoms with Gasteiger partial charge in [-0.05, 0) is 35.7 Å². The van der Waals surface area contributed by atoms with Crippen LogP contribution in [0.25, 0.3) is 0 Å². The predicted octanol–water partition coefficient (Wildman–Crippen LogP) is 2.58. The highest BCUT2D eigenvalue weighted by molar-refractivity contribution is 7.90. The lowest BCUT2D eigenvalue weighted by atomic mass is 10.0. The van der Waals surface area contributed by atoms with E-state index in [1.807, 2.05) is 16.4 Å². The lowest BCUT2D eigenvalue weighted by molar-refractivity contribution is 0.456. The molecule has 0 aliphatic rings. The van der Waals surface area contributed by atoms with Crippen LogP contribution in [0.5, 0.6) is 11.6 Å². The Morgan fingerprint density at radius 1 is 1.11 bits per heavy atom. The zero-order valence-corrected chi connectivity index (χ0v) is 16.0. The number of ether oxygens (including phenoxy) is 1. The normalized spacial score (nSPS) is 11.2. The number of rotatable bonds is 7. The summed E-state index contributed by atoms with van der Waals surface area (Å²) in [6.45, 7) is 1.83. The Morgan fingerprint density at radius 2 is 1.93 bits per heavy atom. The van der Waals surface area contributed by atoms with Gasteiger partial charge in [-0.1, -0.05) is 6.07 Å². The van der Waals surface area contributed by atoms with Crippen LogP contribution in [0, 0.1) is 12.7 Å². The summed E-state index contributed by atoms with van der Waals surface area (Å²) in [7, 11) is -2.66. The molecule has 8 nitrogen and oxygen atoms in total. The molecule has 0 radical (unpaired) electrons. The van der Waals surface area contributed by atoms with Gasteiger partial charge < -0.3 is 4.74 Å². The fourth-order valence-electron chi connectivity index (χ4n) is 2.42. The Balaban J connectivity index is 1.87. The Labute approximate surface area is 162 Å². The standard InChI is InChI=1S/C18H18FN5O3S/c1-12-14(10-21-11-15(12)27-16-5-3-4-7-22-16)9-13-6-8-23-18(17(13)19)24-28(25,26)20-2/h3-8,10-11,20H,9H2,1-2H3,(H,23,24). The number of nitrogens with one attached hydrogen (secondary N) is 2. The van der Waals surface area contributed by atoms with Crippen molar-refractivity contribution >= 4 is 16.0 Å². The average Bonchev–Trinajstić information content (AvgIpc) is 2.69. The monoisotopic (exact) mass is 403 g/mol. The average molecular weight is 403 g/mol. The molecule has 0 saturated carbocycles. The molecular formula is C18H18FN5O3S. The van der Waals surface area contributed by atoms with Crippen molar-refractivity contribution in [2.24, 2.45) is 0 Å². The van der Waals surface area contributed by atoms with Crippen molar-refractivity contribution in [1.82, 2.24) is 19.7 Å². The number of aromatic nitrogens is 3. The van der Waals surface area contributed by atoms with Gasteiger partial charge in [0.1, 0.15) is 0 Å². The first-order chi connectivity index (χ1) is 13.4. The molecule has 0 spiro atoms. The van der Waals surface area contributed by atoms with Gasteiger partial charge in [0.25, 0.3) is 10.2 Å². The van der Waals surface area contributed by atoms with Crippen molar-refractivity contribution in [3.05, 3.63) is 71.6 Å². The van der Waals surface area contributed by atoms with Gasteiger partial charge in [0.2, 0.25) is 5.88 Å². The van der Waals surface area contributed by atoms with E-state index in [9.17, 15) is 12.8 Å². The number of nitrogens with zero attached hydrogens (tertiary/aromatic N) is 3. The van der Waals surface area contributed by atoms with Crippen molar-refractivity contribution in [3.63, 3.8) is 0 Å². The third kappa shape index (κ3) is 4.59. The van der Waals surface area contributed by atoms with Gasteiger partial charge in [0.15, 0.2) is 17.4 Å². The maximum Gasteiger partial charge on any atom is 0.300 e. The summed E-state index contributed by atoms with van der Waals surface area (Å²) in [6.07, 6.45) is 6.30. The number of hydrogen-bond donors (Lipinski definition) is 2. The molecule has 10 heteroatoms. The summed E-state index contributed by atoms with van der Waals surface area (Å²) >= 11 is 0. The van der Waals surface area contributed by atoms with E-state index in [1.165, 1.54) is 19.3 Å². The van der Waals surface area contributed by atoms with E-state index < -0.39 is 16.0 Å². The van der Waals surface area contributed by atoms with Gasteiger partial charge in [-0.2, -0.15) is 8.42 Å². The molecule has 28 heavy (non-hydrogen) atoms. The maximum absolute atomic E-state index is 14.7. The molecule has 0 saturated heterocycles. The SMILES string of the molecule is CNS(=O)(=O)Nc1nccc(Cc2cncc(Oc3ccccn3)c2C)c1F. The minimum Gasteiger partial charge on any atom is -0.437 e. The van der Waals surface area contributed by atoms with E-state index in [2.05, 4.69) is 15.0 Å². The molecular weight excluding hydrogens is 385 g/mol. The Kier molecular flexibility index (Phi) is 5.81. The number of halogens is 1. The van der Waals surface area contributed by atoms with Crippen LogP contribution < -0.4 is 14.2 Å². The molecule has 0 aromatic carbocycles. The van der Waals surface area contributed by atoms with Crippen LogP contribution in [-0.2, 0) is 16.6 Å². The molecule has 3 aromatic rings. The van der Waals surface area contributed by atoms with Gasteiger partial charge in [0, 0.05) is 38.1 Å². The largest absolute Gasteiger partial charge is 0.437 e. The molecule has 0 fully saturated rings. The van der Waals surface area contributed by atoms with Crippen LogP contribution in [0.1, 0.15) is 16.7 Å². The highest BCUT2D eigenvalue weighted by Crippen LogP contribution is 2.27. The molecule has 2 N–H and O–H groups in total. The minimum atomic E-state index is -3.88. The highest BCUT2D eigenvalue weighted by atomic mass is 32.2. The van der Waals surface area contributed by atoms with E-state index in [0.717, 1.165) is 11.1 Å². The predicted molar refractivity (Wildman–Crippen MR) is 102 cm³/mol. The molecule has 0 aliphatic heterocycles. The third-order valence-electron chi connectivity index (χ3n) is 3.98. The van der Waals surface area contributed by atoms with E-state index in [4.69, 9.17) is 4.74 Å². The van der Waals surface area contributed by atoms with Gasteiger partial charge in [-0.3, -0.25) is 9.71 Å². The van der Waals surface area contributed by atoms with Crippen molar-refractivity contribution in [1.29, 1.82) is 0 Å². The summed E-state index contributed by atoms with van der Waals surface area (Å²) in [5.41, 5.74) is 1.76. The first-order valence-electron chi connectivity index (χ1n) is 8.26. The zero-order chi connectivity index (χ0) is 20.1.